The number of aliphatic hydroxyl groups excluding tert-OH is 1. The zero-order valence-corrected chi connectivity index (χ0v) is 20.5. The van der Waals surface area contributed by atoms with E-state index in [1.165, 1.54) is 18.2 Å². The van der Waals surface area contributed by atoms with E-state index in [0.717, 1.165) is 0 Å². The van der Waals surface area contributed by atoms with Crippen LogP contribution in [0, 0.1) is 11.7 Å². The number of piperidine rings is 1. The Balaban J connectivity index is 1.36. The van der Waals surface area contributed by atoms with Crippen molar-refractivity contribution in [1.29, 1.82) is 0 Å². The van der Waals surface area contributed by atoms with Crippen LogP contribution in [0.2, 0.25) is 0 Å². The minimum atomic E-state index is -0.575. The summed E-state index contributed by atoms with van der Waals surface area (Å²) in [4.78, 5) is 31.0. The number of halogens is 2. The molecular formula is C23H23BrFN7O4. The average Bonchev–Trinajstić information content (AvgIpc) is 3.34. The lowest BCUT2D eigenvalue weighted by molar-refractivity contribution is -0.121. The minimum absolute atomic E-state index is 0.0186. The number of nitrogens with zero attached hydrogens (tertiary/aromatic N) is 4. The van der Waals surface area contributed by atoms with Gasteiger partial charge in [-0.05, 0) is 69.4 Å². The molecule has 4 rings (SSSR count). The number of urea groups is 1. The quantitative estimate of drug-likeness (QED) is 0.266. The van der Waals surface area contributed by atoms with Crippen molar-refractivity contribution in [2.24, 2.45) is 10.9 Å². The predicted octanol–water partition coefficient (Wildman–Crippen LogP) is 3.66. The number of anilines is 3. The normalized spacial score (nSPS) is 14.4. The molecule has 13 heteroatoms. The van der Waals surface area contributed by atoms with E-state index in [0.29, 0.717) is 37.3 Å². The van der Waals surface area contributed by atoms with Gasteiger partial charge in [0.05, 0.1) is 4.47 Å². The lowest BCUT2D eigenvalue weighted by atomic mass is 9.96. The number of aliphatic hydroxyl groups is 1. The van der Waals surface area contributed by atoms with Crippen LogP contribution in [0.25, 0.3) is 0 Å². The van der Waals surface area contributed by atoms with Gasteiger partial charge in [-0.2, -0.15) is 0 Å². The van der Waals surface area contributed by atoms with E-state index < -0.39 is 12.5 Å². The highest BCUT2D eigenvalue weighted by Crippen LogP contribution is 2.23. The van der Waals surface area contributed by atoms with Crippen LogP contribution < -0.4 is 16.0 Å². The summed E-state index contributed by atoms with van der Waals surface area (Å²) >= 11 is 3.11. The lowest BCUT2D eigenvalue weighted by Gasteiger charge is -2.31. The maximum Gasteiger partial charge on any atom is 0.321 e. The Bertz CT molecular complexity index is 1250. The molecule has 11 nitrogen and oxygen atoms in total. The second-order valence-electron chi connectivity index (χ2n) is 7.91. The van der Waals surface area contributed by atoms with Crippen LogP contribution in [0.5, 0.6) is 0 Å². The van der Waals surface area contributed by atoms with Gasteiger partial charge in [0.1, 0.15) is 12.5 Å². The summed E-state index contributed by atoms with van der Waals surface area (Å²) in [7, 11) is 0. The predicted molar refractivity (Wildman–Crippen MR) is 134 cm³/mol. The highest BCUT2D eigenvalue weighted by molar-refractivity contribution is 9.10. The number of carbonyl (C=O) groups excluding carboxylic acids is 2. The molecule has 2 heterocycles. The smallest absolute Gasteiger partial charge is 0.321 e. The molecule has 0 aliphatic carbocycles. The van der Waals surface area contributed by atoms with Gasteiger partial charge in [-0.25, -0.2) is 18.8 Å². The number of para-hydroxylation sites is 1. The average molecular weight is 560 g/mol. The summed E-state index contributed by atoms with van der Waals surface area (Å²) in [5.41, 5.74) is 1.23. The van der Waals surface area contributed by atoms with E-state index in [9.17, 15) is 19.1 Å². The van der Waals surface area contributed by atoms with Gasteiger partial charge in [0.15, 0.2) is 11.5 Å². The number of carbonyl (C=O) groups is 2. The molecule has 1 aliphatic heterocycles. The van der Waals surface area contributed by atoms with Crippen molar-refractivity contribution >= 4 is 50.9 Å². The molecule has 1 aromatic heterocycles. The first-order valence-electron chi connectivity index (χ1n) is 11.1. The van der Waals surface area contributed by atoms with Crippen LogP contribution in [0.1, 0.15) is 18.5 Å². The van der Waals surface area contributed by atoms with E-state index in [1.54, 1.807) is 17.0 Å². The lowest BCUT2D eigenvalue weighted by Crippen LogP contribution is -2.43. The number of rotatable bonds is 6. The van der Waals surface area contributed by atoms with Gasteiger partial charge < -0.3 is 26.0 Å². The standard InChI is InChI=1S/C23H23BrFN7O4/c24-17-12-16(6-7-18(17)25)27-20(26-13-33)19-21(31-36-30-19)29-22(34)14-8-10-32(11-9-14)23(35)28-15-4-2-1-3-5-15/h1-7,12,14,33H,8-11,13H2,(H,26,27)(H,28,35)(H,29,31,34). The number of likely N-dealkylation sites (tertiary alicyclic amines) is 1. The summed E-state index contributed by atoms with van der Waals surface area (Å²) in [5.74, 6) is -1.01. The number of amides is 3. The topological polar surface area (TPSA) is 145 Å². The molecule has 1 saturated heterocycles. The first-order chi connectivity index (χ1) is 17.4. The maximum atomic E-state index is 13.6. The van der Waals surface area contributed by atoms with Gasteiger partial charge in [0.25, 0.3) is 0 Å². The number of aliphatic imine (C=N–C) groups is 1. The Morgan fingerprint density at radius 2 is 1.83 bits per heavy atom. The maximum absolute atomic E-state index is 13.6. The van der Waals surface area contributed by atoms with Gasteiger partial charge in [-0.15, -0.1) is 0 Å². The summed E-state index contributed by atoms with van der Waals surface area (Å²) in [5, 5.41) is 25.3. The van der Waals surface area contributed by atoms with Crippen LogP contribution >= 0.6 is 15.9 Å². The number of amidine groups is 1. The Morgan fingerprint density at radius 3 is 2.53 bits per heavy atom. The molecule has 36 heavy (non-hydrogen) atoms. The Labute approximate surface area is 213 Å². The summed E-state index contributed by atoms with van der Waals surface area (Å²) in [6.07, 6.45) is 0.933. The molecule has 0 unspecified atom stereocenters. The second kappa shape index (κ2) is 11.7. The largest absolute Gasteiger partial charge is 0.374 e. The van der Waals surface area contributed by atoms with E-state index in [2.05, 4.69) is 47.2 Å². The van der Waals surface area contributed by atoms with E-state index >= 15 is 0 Å². The van der Waals surface area contributed by atoms with E-state index in [4.69, 9.17) is 4.63 Å². The van der Waals surface area contributed by atoms with Gasteiger partial charge in [-0.3, -0.25) is 4.79 Å². The van der Waals surface area contributed by atoms with Crippen LogP contribution in [-0.2, 0) is 4.79 Å². The fourth-order valence-electron chi connectivity index (χ4n) is 3.67. The van der Waals surface area contributed by atoms with Crippen molar-refractivity contribution in [2.45, 2.75) is 12.8 Å². The Morgan fingerprint density at radius 1 is 1.08 bits per heavy atom. The first-order valence-corrected chi connectivity index (χ1v) is 11.9. The van der Waals surface area contributed by atoms with Gasteiger partial charge >= 0.3 is 6.03 Å². The van der Waals surface area contributed by atoms with E-state index in [1.807, 2.05) is 18.2 Å². The Hall–Kier alpha value is -3.84. The summed E-state index contributed by atoms with van der Waals surface area (Å²) in [6, 6.07) is 13.1. The molecule has 0 radical (unpaired) electrons. The van der Waals surface area contributed by atoms with Crippen molar-refractivity contribution in [3.8, 4) is 0 Å². The monoisotopic (exact) mass is 559 g/mol. The molecule has 0 atom stereocenters. The first kappa shape index (κ1) is 25.3. The molecule has 0 saturated carbocycles. The van der Waals surface area contributed by atoms with Crippen LogP contribution in [-0.4, -0.2) is 57.9 Å². The van der Waals surface area contributed by atoms with Crippen LogP contribution in [0.3, 0.4) is 0 Å². The molecule has 3 aromatic rings. The zero-order valence-electron chi connectivity index (χ0n) is 18.9. The third-order valence-corrected chi connectivity index (χ3v) is 6.15. The van der Waals surface area contributed by atoms with Crippen molar-refractivity contribution < 1.29 is 23.7 Å². The third-order valence-electron chi connectivity index (χ3n) is 5.54. The van der Waals surface area contributed by atoms with Crippen LogP contribution in [0.4, 0.5) is 26.4 Å². The molecule has 0 bridgehead atoms. The summed E-state index contributed by atoms with van der Waals surface area (Å²) in [6.45, 7) is 0.256. The van der Waals surface area contributed by atoms with Gasteiger partial charge in [-0.1, -0.05) is 18.2 Å². The molecule has 188 valence electrons. The molecule has 0 spiro atoms. The number of nitrogens with one attached hydrogen (secondary N) is 3. The van der Waals surface area contributed by atoms with Gasteiger partial charge in [0, 0.05) is 30.4 Å². The van der Waals surface area contributed by atoms with Crippen LogP contribution in [0.15, 0.2) is 62.6 Å². The number of benzene rings is 2. The molecule has 1 aliphatic rings. The molecule has 2 aromatic carbocycles. The highest BCUT2D eigenvalue weighted by Gasteiger charge is 2.29. The third kappa shape index (κ3) is 6.23. The highest BCUT2D eigenvalue weighted by atomic mass is 79.9. The minimum Gasteiger partial charge on any atom is -0.374 e. The fourth-order valence-corrected chi connectivity index (χ4v) is 4.05. The van der Waals surface area contributed by atoms with Crippen molar-refractivity contribution in [3.05, 3.63) is 64.5 Å². The molecule has 3 amide bonds. The van der Waals surface area contributed by atoms with E-state index in [-0.39, 0.29) is 39.7 Å². The van der Waals surface area contributed by atoms with Crippen molar-refractivity contribution in [2.75, 3.05) is 35.8 Å². The molecular weight excluding hydrogens is 537 g/mol. The van der Waals surface area contributed by atoms with Gasteiger partial charge in [0.2, 0.25) is 11.7 Å². The SMILES string of the molecule is O=C(Nc1nonc1C(=NCO)Nc1ccc(F)c(Br)c1)C1CCN(C(=O)Nc2ccccc2)CC1. The number of hydrogen-bond acceptors (Lipinski definition) is 7. The fraction of sp³-hybridized carbons (Fsp3) is 0.261. The number of aromatic nitrogens is 2. The zero-order chi connectivity index (χ0) is 25.5. The number of hydrogen-bond donors (Lipinski definition) is 4. The molecule has 1 fully saturated rings. The Kier molecular flexibility index (Phi) is 8.23. The van der Waals surface area contributed by atoms with Crippen molar-refractivity contribution in [1.82, 2.24) is 15.2 Å². The van der Waals surface area contributed by atoms with Crippen molar-refractivity contribution in [3.63, 3.8) is 0 Å². The molecule has 4 N–H and O–H groups in total. The second-order valence-corrected chi connectivity index (χ2v) is 8.76. The summed E-state index contributed by atoms with van der Waals surface area (Å²) < 4.78 is 18.6.